The van der Waals surface area contributed by atoms with Gasteiger partial charge in [-0.3, -0.25) is 4.68 Å². The number of aryl methyl sites for hydroxylation is 2. The van der Waals surface area contributed by atoms with E-state index in [2.05, 4.69) is 5.10 Å². The van der Waals surface area contributed by atoms with E-state index in [0.29, 0.717) is 12.0 Å². The van der Waals surface area contributed by atoms with Gasteiger partial charge in [0.2, 0.25) is 0 Å². The molecule has 0 saturated carbocycles. The van der Waals surface area contributed by atoms with Crippen LogP contribution in [0.4, 0.5) is 8.78 Å². The summed E-state index contributed by atoms with van der Waals surface area (Å²) in [4.78, 5) is 0. The molecule has 1 aromatic carbocycles. The van der Waals surface area contributed by atoms with Crippen LogP contribution in [0.3, 0.4) is 0 Å². The fraction of sp³-hybridized carbons (Fsp3) is 0.400. The molecule has 2 rings (SSSR count). The molecule has 0 saturated heterocycles. The molecule has 1 heterocycles. The first-order valence-corrected chi connectivity index (χ1v) is 6.59. The largest absolute Gasteiger partial charge is 0.324 e. The highest BCUT2D eigenvalue weighted by atomic mass is 19.1. The first-order chi connectivity index (χ1) is 9.38. The predicted octanol–water partition coefficient (Wildman–Crippen LogP) is 2.95. The van der Waals surface area contributed by atoms with Gasteiger partial charge in [-0.2, -0.15) is 5.10 Å². The lowest BCUT2D eigenvalue weighted by Crippen LogP contribution is -2.12. The molecule has 2 aromatic rings. The SMILES string of the molecule is Cc1nn(C)c(C)c1CCC(N)c1cc(F)cc(F)c1. The third kappa shape index (κ3) is 3.04. The van der Waals surface area contributed by atoms with Crippen molar-refractivity contribution in [3.63, 3.8) is 0 Å². The van der Waals surface area contributed by atoms with Crippen LogP contribution in [0, 0.1) is 25.5 Å². The Bertz CT molecular complexity index is 600. The Morgan fingerprint density at radius 2 is 1.80 bits per heavy atom. The molecule has 0 spiro atoms. The zero-order valence-electron chi connectivity index (χ0n) is 12.0. The minimum absolute atomic E-state index is 0.390. The van der Waals surface area contributed by atoms with Crippen molar-refractivity contribution in [2.24, 2.45) is 12.8 Å². The lowest BCUT2D eigenvalue weighted by Gasteiger charge is -2.12. The maximum atomic E-state index is 13.2. The van der Waals surface area contributed by atoms with Crippen LogP contribution >= 0.6 is 0 Å². The van der Waals surface area contributed by atoms with Gasteiger partial charge in [0, 0.05) is 24.8 Å². The van der Waals surface area contributed by atoms with Gasteiger partial charge in [-0.25, -0.2) is 8.78 Å². The number of benzene rings is 1. The maximum Gasteiger partial charge on any atom is 0.126 e. The van der Waals surface area contributed by atoms with Crippen LogP contribution in [0.2, 0.25) is 0 Å². The average molecular weight is 279 g/mol. The topological polar surface area (TPSA) is 43.8 Å². The highest BCUT2D eigenvalue weighted by Gasteiger charge is 2.13. The number of aromatic nitrogens is 2. The molecule has 0 aliphatic carbocycles. The number of nitrogens with zero attached hydrogens (tertiary/aromatic N) is 2. The third-order valence-corrected chi connectivity index (χ3v) is 3.68. The van der Waals surface area contributed by atoms with Gasteiger partial charge < -0.3 is 5.73 Å². The zero-order chi connectivity index (χ0) is 14.9. The van der Waals surface area contributed by atoms with Crippen LogP contribution in [0.15, 0.2) is 18.2 Å². The molecule has 0 bridgehead atoms. The second kappa shape index (κ2) is 5.71. The smallest absolute Gasteiger partial charge is 0.126 e. The Labute approximate surface area is 117 Å². The average Bonchev–Trinajstić information content (AvgIpc) is 2.60. The molecule has 2 N–H and O–H groups in total. The second-order valence-corrected chi connectivity index (χ2v) is 5.12. The van der Waals surface area contributed by atoms with Crippen molar-refractivity contribution in [2.45, 2.75) is 32.7 Å². The van der Waals surface area contributed by atoms with E-state index in [-0.39, 0.29) is 6.04 Å². The zero-order valence-corrected chi connectivity index (χ0v) is 12.0. The molecular formula is C15H19F2N3. The first kappa shape index (κ1) is 14.7. The minimum Gasteiger partial charge on any atom is -0.324 e. The maximum absolute atomic E-state index is 13.2. The van der Waals surface area contributed by atoms with Gasteiger partial charge in [0.05, 0.1) is 5.69 Å². The molecule has 0 aliphatic heterocycles. The lowest BCUT2D eigenvalue weighted by molar-refractivity contribution is 0.567. The molecule has 3 nitrogen and oxygen atoms in total. The molecule has 0 radical (unpaired) electrons. The van der Waals surface area contributed by atoms with Gasteiger partial charge in [-0.1, -0.05) is 0 Å². The molecule has 0 amide bonds. The van der Waals surface area contributed by atoms with E-state index in [1.54, 1.807) is 0 Å². The van der Waals surface area contributed by atoms with E-state index in [0.717, 1.165) is 29.4 Å². The van der Waals surface area contributed by atoms with E-state index in [1.165, 1.54) is 12.1 Å². The Balaban J connectivity index is 2.10. The van der Waals surface area contributed by atoms with Crippen molar-refractivity contribution in [3.8, 4) is 0 Å². The molecule has 108 valence electrons. The van der Waals surface area contributed by atoms with Crippen LogP contribution < -0.4 is 5.73 Å². The summed E-state index contributed by atoms with van der Waals surface area (Å²) in [6.45, 7) is 3.96. The van der Waals surface area contributed by atoms with Gasteiger partial charge in [0.15, 0.2) is 0 Å². The lowest BCUT2D eigenvalue weighted by atomic mass is 9.98. The summed E-state index contributed by atoms with van der Waals surface area (Å²) in [5.74, 6) is -1.19. The molecule has 1 atom stereocenters. The van der Waals surface area contributed by atoms with Crippen LogP contribution in [0.1, 0.15) is 35.0 Å². The molecular weight excluding hydrogens is 260 g/mol. The van der Waals surface area contributed by atoms with Crippen LogP contribution in [-0.2, 0) is 13.5 Å². The Hall–Kier alpha value is -1.75. The quantitative estimate of drug-likeness (QED) is 0.935. The molecule has 0 fully saturated rings. The van der Waals surface area contributed by atoms with Crippen LogP contribution in [-0.4, -0.2) is 9.78 Å². The van der Waals surface area contributed by atoms with E-state index in [4.69, 9.17) is 5.73 Å². The van der Waals surface area contributed by atoms with Crippen molar-refractivity contribution < 1.29 is 8.78 Å². The highest BCUT2D eigenvalue weighted by Crippen LogP contribution is 2.21. The monoisotopic (exact) mass is 279 g/mol. The summed E-state index contributed by atoms with van der Waals surface area (Å²) >= 11 is 0. The molecule has 20 heavy (non-hydrogen) atoms. The Morgan fingerprint density at radius 1 is 1.20 bits per heavy atom. The van der Waals surface area contributed by atoms with E-state index in [9.17, 15) is 8.78 Å². The first-order valence-electron chi connectivity index (χ1n) is 6.59. The summed E-state index contributed by atoms with van der Waals surface area (Å²) in [6, 6.07) is 3.04. The summed E-state index contributed by atoms with van der Waals surface area (Å²) in [7, 11) is 1.90. The van der Waals surface area contributed by atoms with Gasteiger partial charge in [0.1, 0.15) is 11.6 Å². The van der Waals surface area contributed by atoms with Crippen LogP contribution in [0.5, 0.6) is 0 Å². The second-order valence-electron chi connectivity index (χ2n) is 5.12. The van der Waals surface area contributed by atoms with Crippen molar-refractivity contribution in [1.29, 1.82) is 0 Å². The van der Waals surface area contributed by atoms with Gasteiger partial charge in [0.25, 0.3) is 0 Å². The van der Waals surface area contributed by atoms with Crippen molar-refractivity contribution >= 4 is 0 Å². The van der Waals surface area contributed by atoms with Gasteiger partial charge in [-0.05, 0) is 49.9 Å². The van der Waals surface area contributed by atoms with E-state index >= 15 is 0 Å². The summed E-state index contributed by atoms with van der Waals surface area (Å²) in [6.07, 6.45) is 1.36. The number of nitrogens with two attached hydrogens (primary N) is 1. The number of hydrogen-bond acceptors (Lipinski definition) is 2. The fourth-order valence-corrected chi connectivity index (χ4v) is 2.44. The van der Waals surface area contributed by atoms with E-state index in [1.807, 2.05) is 25.6 Å². The summed E-state index contributed by atoms with van der Waals surface area (Å²) in [5, 5.41) is 4.35. The third-order valence-electron chi connectivity index (χ3n) is 3.68. The molecule has 0 aliphatic rings. The highest BCUT2D eigenvalue weighted by molar-refractivity contribution is 5.26. The fourth-order valence-electron chi connectivity index (χ4n) is 2.44. The predicted molar refractivity (Wildman–Crippen MR) is 74.3 cm³/mol. The van der Waals surface area contributed by atoms with Gasteiger partial charge in [-0.15, -0.1) is 0 Å². The Morgan fingerprint density at radius 3 is 2.30 bits per heavy atom. The number of hydrogen-bond donors (Lipinski definition) is 1. The summed E-state index contributed by atoms with van der Waals surface area (Å²) in [5.41, 5.74) is 9.74. The normalized spacial score (nSPS) is 12.7. The molecule has 5 heteroatoms. The van der Waals surface area contributed by atoms with Crippen molar-refractivity contribution in [2.75, 3.05) is 0 Å². The van der Waals surface area contributed by atoms with Crippen LogP contribution in [0.25, 0.3) is 0 Å². The van der Waals surface area contributed by atoms with Crippen molar-refractivity contribution in [3.05, 3.63) is 52.3 Å². The number of halogens is 2. The Kier molecular flexibility index (Phi) is 4.18. The molecule has 1 aromatic heterocycles. The standard InChI is InChI=1S/C15H19F2N3/c1-9-14(10(2)20(3)19-9)4-5-15(18)11-6-12(16)8-13(17)7-11/h6-8,15H,4-5,18H2,1-3H3. The van der Waals surface area contributed by atoms with E-state index < -0.39 is 11.6 Å². The van der Waals surface area contributed by atoms with Crippen molar-refractivity contribution in [1.82, 2.24) is 9.78 Å². The minimum atomic E-state index is -0.593. The number of rotatable bonds is 4. The van der Waals surface area contributed by atoms with Gasteiger partial charge >= 0.3 is 0 Å². The molecule has 1 unspecified atom stereocenters. The summed E-state index contributed by atoms with van der Waals surface area (Å²) < 4.78 is 28.2.